The second-order valence-electron chi connectivity index (χ2n) is 24.3. The van der Waals surface area contributed by atoms with Gasteiger partial charge in [0.2, 0.25) is 13.4 Å². The second-order valence-corrected chi connectivity index (χ2v) is 24.3. The maximum atomic E-state index is 2.76. The average molecular weight is 951 g/mol. The molecule has 2 aliphatic carbocycles. The third kappa shape index (κ3) is 5.64. The van der Waals surface area contributed by atoms with Gasteiger partial charge in [0, 0.05) is 16.8 Å². The lowest BCUT2D eigenvalue weighted by atomic mass is 9.31. The van der Waals surface area contributed by atoms with Crippen LogP contribution in [0.15, 0.2) is 152 Å². The van der Waals surface area contributed by atoms with Gasteiger partial charge in [0.15, 0.2) is 0 Å². The van der Waals surface area contributed by atoms with Crippen LogP contribution in [0.1, 0.15) is 95.8 Å². The first-order valence-corrected chi connectivity index (χ1v) is 27.0. The van der Waals surface area contributed by atoms with E-state index in [0.717, 1.165) is 6.42 Å². The van der Waals surface area contributed by atoms with Crippen molar-refractivity contribution in [1.29, 1.82) is 0 Å². The minimum Gasteiger partial charge on any atom is -0.307 e. The highest BCUT2D eigenvalue weighted by Gasteiger charge is 2.52. The molecule has 15 rings (SSSR count). The van der Waals surface area contributed by atoms with Crippen molar-refractivity contribution in [2.24, 2.45) is 0 Å². The third-order valence-corrected chi connectivity index (χ3v) is 18.4. The lowest BCUT2D eigenvalue weighted by Crippen LogP contribution is -2.63. The number of anilines is 6. The van der Waals surface area contributed by atoms with E-state index in [1.165, 1.54) is 172 Å². The van der Waals surface area contributed by atoms with Crippen LogP contribution in [0.25, 0.3) is 43.8 Å². The Morgan fingerprint density at radius 1 is 0.432 bits per heavy atom. The number of fused-ring (bicyclic) bond motifs is 18. The molecule has 5 aliphatic rings. The van der Waals surface area contributed by atoms with Gasteiger partial charge in [-0.25, -0.2) is 0 Å². The predicted molar refractivity (Wildman–Crippen MR) is 320 cm³/mol. The molecule has 0 saturated carbocycles. The van der Waals surface area contributed by atoms with Crippen molar-refractivity contribution < 1.29 is 0 Å². The zero-order valence-corrected chi connectivity index (χ0v) is 44.7. The minimum atomic E-state index is -0.242. The molecule has 0 fully saturated rings. The molecular formula is C70H60B2N2. The minimum absolute atomic E-state index is 0.0159. The Hall–Kier alpha value is -7.55. The fourth-order valence-electron chi connectivity index (χ4n) is 15.7. The third-order valence-electron chi connectivity index (χ3n) is 18.4. The van der Waals surface area contributed by atoms with Crippen molar-refractivity contribution >= 4 is 102 Å². The van der Waals surface area contributed by atoms with Crippen molar-refractivity contribution in [2.75, 3.05) is 9.80 Å². The highest BCUT2D eigenvalue weighted by Crippen LogP contribution is 2.59. The lowest BCUT2D eigenvalue weighted by Gasteiger charge is -2.50. The molecule has 0 amide bonds. The second kappa shape index (κ2) is 14.8. The van der Waals surface area contributed by atoms with Crippen molar-refractivity contribution in [3.05, 3.63) is 213 Å². The fraction of sp³-hybridized carbons (Fsp3) is 0.200. The van der Waals surface area contributed by atoms with Crippen molar-refractivity contribution in [3.8, 4) is 22.3 Å². The summed E-state index contributed by atoms with van der Waals surface area (Å²) in [6.45, 7) is 26.0. The predicted octanol–water partition coefficient (Wildman–Crippen LogP) is 13.9. The normalized spacial score (nSPS) is 14.9. The highest BCUT2D eigenvalue weighted by atomic mass is 15.3. The molecule has 3 aliphatic heterocycles. The Bertz CT molecular complexity index is 4180. The monoisotopic (exact) mass is 950 g/mol. The Balaban J connectivity index is 1.13. The Labute approximate surface area is 437 Å². The number of rotatable bonds is 2. The molecule has 74 heavy (non-hydrogen) atoms. The highest BCUT2D eigenvalue weighted by molar-refractivity contribution is 7.01. The SMILES string of the molecule is Cc1cc(C)c(B2c3c(ccc4c3C(C)(C)c3ccccc3-4)N3c4cc5ccccc5c5c4N(c4ccc6c(c4B5c4c(C)cc(C)cc4C)Cc4cc(C(C)(C)C)ccc4-6)c4cc5ccccc5c2c43)c(C)c1. The molecule has 0 atom stereocenters. The zero-order chi connectivity index (χ0) is 50.6. The molecule has 10 aromatic carbocycles. The van der Waals surface area contributed by atoms with Crippen LogP contribution in [-0.2, 0) is 17.3 Å². The molecule has 0 radical (unpaired) electrons. The van der Waals surface area contributed by atoms with Gasteiger partial charge in [-0.05, 0) is 171 Å². The quantitative estimate of drug-likeness (QED) is 0.159. The molecule has 0 spiro atoms. The maximum absolute atomic E-state index is 2.76. The molecular weight excluding hydrogens is 890 g/mol. The van der Waals surface area contributed by atoms with Crippen LogP contribution in [-0.4, -0.2) is 13.4 Å². The molecule has 2 nitrogen and oxygen atoms in total. The van der Waals surface area contributed by atoms with E-state index in [1.807, 2.05) is 0 Å². The van der Waals surface area contributed by atoms with E-state index < -0.39 is 0 Å². The van der Waals surface area contributed by atoms with E-state index in [-0.39, 0.29) is 24.3 Å². The molecule has 4 heteroatoms. The lowest BCUT2D eigenvalue weighted by molar-refractivity contribution is 0.590. The molecule has 3 heterocycles. The number of nitrogens with zero attached hydrogens (tertiary/aromatic N) is 2. The molecule has 10 aromatic rings. The van der Waals surface area contributed by atoms with Gasteiger partial charge in [0.1, 0.15) is 0 Å². The number of aryl methyl sites for hydroxylation is 6. The summed E-state index contributed by atoms with van der Waals surface area (Å²) in [5.74, 6) is 0. The molecule has 0 saturated heterocycles. The van der Waals surface area contributed by atoms with Gasteiger partial charge in [-0.15, -0.1) is 0 Å². The number of hydrogen-bond acceptors (Lipinski definition) is 2. The van der Waals surface area contributed by atoms with E-state index in [9.17, 15) is 0 Å². The molecule has 0 aromatic heterocycles. The molecule has 0 unspecified atom stereocenters. The summed E-state index contributed by atoms with van der Waals surface area (Å²) in [4.78, 5) is 5.52. The number of benzene rings is 10. The van der Waals surface area contributed by atoms with Crippen LogP contribution in [0.3, 0.4) is 0 Å². The van der Waals surface area contributed by atoms with Crippen molar-refractivity contribution in [2.45, 2.75) is 93.4 Å². The van der Waals surface area contributed by atoms with Crippen LogP contribution in [0.4, 0.5) is 34.1 Å². The van der Waals surface area contributed by atoms with Crippen LogP contribution in [0, 0.1) is 41.5 Å². The van der Waals surface area contributed by atoms with Crippen LogP contribution >= 0.6 is 0 Å². The van der Waals surface area contributed by atoms with Crippen LogP contribution < -0.4 is 42.6 Å². The standard InChI is InChI=1S/C70H60B2N2/c1-38-30-40(3)61(41(4)31-38)71-63-54-35-46-34-47(69(7,8)9)24-25-48(46)51(54)26-28-56(63)73-58-36-45-19-13-15-21-50(45)65-68(58)74(59-37-44-18-12-14-20-49(44)64(71)67(59)73)57-29-27-53-52-22-16-17-23-55(52)70(10,11)60(53)66(57)72(65)62-42(5)32-39(2)33-43(62)6/h12-34,36-37H,35H2,1-11H3. The van der Waals surface area contributed by atoms with E-state index in [2.05, 4.69) is 238 Å². The molecule has 0 bridgehead atoms. The first kappa shape index (κ1) is 44.0. The van der Waals surface area contributed by atoms with E-state index >= 15 is 0 Å². The topological polar surface area (TPSA) is 6.48 Å². The molecule has 356 valence electrons. The van der Waals surface area contributed by atoms with Crippen LogP contribution in [0.5, 0.6) is 0 Å². The van der Waals surface area contributed by atoms with E-state index in [4.69, 9.17) is 0 Å². The van der Waals surface area contributed by atoms with Gasteiger partial charge >= 0.3 is 0 Å². The average Bonchev–Trinajstić information content (AvgIpc) is 4.00. The van der Waals surface area contributed by atoms with Crippen LogP contribution in [0.2, 0.25) is 0 Å². The van der Waals surface area contributed by atoms with Gasteiger partial charge in [-0.2, -0.15) is 0 Å². The van der Waals surface area contributed by atoms with E-state index in [0.29, 0.717) is 0 Å². The van der Waals surface area contributed by atoms with Crippen molar-refractivity contribution in [3.63, 3.8) is 0 Å². The van der Waals surface area contributed by atoms with Crippen molar-refractivity contribution in [1.82, 2.24) is 0 Å². The summed E-state index contributed by atoms with van der Waals surface area (Å²) >= 11 is 0. The summed E-state index contributed by atoms with van der Waals surface area (Å²) in [7, 11) is 0. The maximum Gasteiger partial charge on any atom is 0.248 e. The Kier molecular flexibility index (Phi) is 8.81. The first-order valence-electron chi connectivity index (χ1n) is 27.0. The van der Waals surface area contributed by atoms with Gasteiger partial charge in [0.05, 0.1) is 22.7 Å². The van der Waals surface area contributed by atoms with Gasteiger partial charge in [0.25, 0.3) is 0 Å². The summed E-state index contributed by atoms with van der Waals surface area (Å²) in [6, 6.07) is 60.0. The summed E-state index contributed by atoms with van der Waals surface area (Å²) in [5.41, 5.74) is 36.7. The van der Waals surface area contributed by atoms with Gasteiger partial charge in [-0.1, -0.05) is 206 Å². The molecule has 0 N–H and O–H groups in total. The largest absolute Gasteiger partial charge is 0.307 e. The summed E-state index contributed by atoms with van der Waals surface area (Å²) < 4.78 is 0. The first-order chi connectivity index (χ1) is 35.6. The summed E-state index contributed by atoms with van der Waals surface area (Å²) in [5, 5.41) is 5.19. The number of hydrogen-bond donors (Lipinski definition) is 0. The van der Waals surface area contributed by atoms with Gasteiger partial charge in [-0.3, -0.25) is 0 Å². The fourth-order valence-corrected chi connectivity index (χ4v) is 15.7. The Morgan fingerprint density at radius 2 is 0.919 bits per heavy atom. The van der Waals surface area contributed by atoms with E-state index in [1.54, 1.807) is 0 Å². The Morgan fingerprint density at radius 3 is 1.49 bits per heavy atom. The smallest absolute Gasteiger partial charge is 0.248 e. The zero-order valence-electron chi connectivity index (χ0n) is 44.7. The van der Waals surface area contributed by atoms with Gasteiger partial charge < -0.3 is 9.80 Å². The summed E-state index contributed by atoms with van der Waals surface area (Å²) in [6.07, 6.45) is 0.908.